The number of nitrogens with zero attached hydrogens (tertiary/aromatic N) is 2. The number of ether oxygens (including phenoxy) is 1. The Morgan fingerprint density at radius 3 is 2.87 bits per heavy atom. The number of methoxy groups -OCH3 is 1. The fraction of sp³-hybridized carbons (Fsp3) is 0.235. The molecule has 120 valence electrons. The number of aliphatic imine (C=N–C) groups is 1. The summed E-state index contributed by atoms with van der Waals surface area (Å²) in [6.45, 7) is -2.10. The Hall–Kier alpha value is -1.78. The van der Waals surface area contributed by atoms with Gasteiger partial charge in [0.15, 0.2) is 0 Å². The second kappa shape index (κ2) is 6.38. The van der Waals surface area contributed by atoms with Crippen LogP contribution in [0.4, 0.5) is 10.1 Å². The third kappa shape index (κ3) is 2.89. The smallest absolute Gasteiger partial charge is 0.132 e. The SMILES string of the molecule is [3H]C([3H])([3H])N1CCN=C(c2cc(OC)ccc2F)c2c1ccc(Cl)c2Cl. The van der Waals surface area contributed by atoms with Crippen LogP contribution in [-0.2, 0) is 0 Å². The molecule has 0 saturated heterocycles. The van der Waals surface area contributed by atoms with Gasteiger partial charge in [0, 0.05) is 34.4 Å². The van der Waals surface area contributed by atoms with E-state index in [1.165, 1.54) is 36.3 Å². The second-order valence-electron chi connectivity index (χ2n) is 4.98. The topological polar surface area (TPSA) is 24.8 Å². The van der Waals surface area contributed by atoms with Crippen molar-refractivity contribution in [2.75, 3.05) is 32.1 Å². The van der Waals surface area contributed by atoms with Crippen molar-refractivity contribution in [1.82, 2.24) is 0 Å². The van der Waals surface area contributed by atoms with Crippen molar-refractivity contribution in [2.24, 2.45) is 4.99 Å². The first kappa shape index (κ1) is 12.6. The van der Waals surface area contributed by atoms with Crippen LogP contribution in [0.15, 0.2) is 35.3 Å². The Labute approximate surface area is 148 Å². The van der Waals surface area contributed by atoms with E-state index < -0.39 is 12.8 Å². The summed E-state index contributed by atoms with van der Waals surface area (Å²) in [7, 11) is 1.47. The third-order valence-corrected chi connectivity index (χ3v) is 4.43. The summed E-state index contributed by atoms with van der Waals surface area (Å²) < 4.78 is 43.1. The molecule has 0 aliphatic carbocycles. The summed E-state index contributed by atoms with van der Waals surface area (Å²) in [5.74, 6) is -0.0744. The molecule has 0 radical (unpaired) electrons. The van der Waals surface area contributed by atoms with Gasteiger partial charge in [0.05, 0.1) is 29.4 Å². The number of rotatable bonds is 2. The first-order valence-electron chi connectivity index (χ1n) is 8.38. The highest BCUT2D eigenvalue weighted by Gasteiger charge is 2.24. The van der Waals surface area contributed by atoms with E-state index in [0.717, 1.165) is 0 Å². The van der Waals surface area contributed by atoms with Crippen LogP contribution in [0.25, 0.3) is 0 Å². The molecular weight excluding hydrogens is 338 g/mol. The molecule has 0 amide bonds. The number of hydrogen-bond donors (Lipinski definition) is 0. The Balaban J connectivity index is 2.28. The minimum atomic E-state index is -2.40. The molecule has 0 unspecified atom stereocenters. The van der Waals surface area contributed by atoms with Crippen molar-refractivity contribution in [3.05, 3.63) is 57.3 Å². The van der Waals surface area contributed by atoms with Crippen LogP contribution in [0, 0.1) is 5.82 Å². The molecule has 3 nitrogen and oxygen atoms in total. The van der Waals surface area contributed by atoms with Gasteiger partial charge in [-0.1, -0.05) is 23.2 Å². The van der Waals surface area contributed by atoms with Crippen LogP contribution >= 0.6 is 23.2 Å². The van der Waals surface area contributed by atoms with E-state index in [0.29, 0.717) is 17.0 Å². The Bertz CT molecular complexity index is 887. The Kier molecular flexibility index (Phi) is 3.50. The molecule has 1 aliphatic rings. The molecule has 2 aromatic carbocycles. The van der Waals surface area contributed by atoms with E-state index >= 15 is 0 Å². The molecule has 0 bridgehead atoms. The lowest BCUT2D eigenvalue weighted by Crippen LogP contribution is -2.20. The summed E-state index contributed by atoms with van der Waals surface area (Å²) in [4.78, 5) is 5.64. The summed E-state index contributed by atoms with van der Waals surface area (Å²) in [5, 5.41) is 0.357. The Morgan fingerprint density at radius 1 is 1.30 bits per heavy atom. The summed E-state index contributed by atoms with van der Waals surface area (Å²) >= 11 is 12.5. The molecule has 0 fully saturated rings. The van der Waals surface area contributed by atoms with Gasteiger partial charge >= 0.3 is 0 Å². The van der Waals surface area contributed by atoms with Crippen molar-refractivity contribution >= 4 is 34.6 Å². The van der Waals surface area contributed by atoms with Crippen LogP contribution in [0.3, 0.4) is 0 Å². The zero-order valence-electron chi connectivity index (χ0n) is 15.2. The van der Waals surface area contributed by atoms with Crippen LogP contribution in [-0.4, -0.2) is 32.9 Å². The lowest BCUT2D eigenvalue weighted by molar-refractivity contribution is 0.413. The van der Waals surface area contributed by atoms with Gasteiger partial charge in [-0.2, -0.15) is 0 Å². The van der Waals surface area contributed by atoms with E-state index in [9.17, 15) is 4.39 Å². The number of likely N-dealkylation sites (N-methyl/N-ethyl adjacent to an activating group) is 1. The van der Waals surface area contributed by atoms with Gasteiger partial charge in [0.2, 0.25) is 0 Å². The average Bonchev–Trinajstić information content (AvgIpc) is 2.78. The molecular formula is C17H15Cl2FN2O. The zero-order chi connectivity index (χ0) is 19.1. The zero-order valence-corrected chi connectivity index (χ0v) is 13.7. The van der Waals surface area contributed by atoms with Crippen LogP contribution < -0.4 is 9.64 Å². The van der Waals surface area contributed by atoms with Crippen molar-refractivity contribution in [3.63, 3.8) is 0 Å². The highest BCUT2D eigenvalue weighted by Crippen LogP contribution is 2.37. The average molecular weight is 359 g/mol. The number of benzene rings is 2. The molecule has 0 atom stereocenters. The lowest BCUT2D eigenvalue weighted by atomic mass is 9.99. The fourth-order valence-corrected chi connectivity index (χ4v) is 2.89. The second-order valence-corrected chi connectivity index (χ2v) is 5.77. The van der Waals surface area contributed by atoms with Crippen molar-refractivity contribution < 1.29 is 13.2 Å². The van der Waals surface area contributed by atoms with Gasteiger partial charge in [-0.25, -0.2) is 4.39 Å². The first-order valence-corrected chi connectivity index (χ1v) is 7.64. The van der Waals surface area contributed by atoms with Gasteiger partial charge < -0.3 is 9.64 Å². The maximum Gasteiger partial charge on any atom is 0.132 e. The molecule has 0 N–H and O–H groups in total. The highest BCUT2D eigenvalue weighted by molar-refractivity contribution is 6.45. The number of hydrogen-bond acceptors (Lipinski definition) is 3. The van der Waals surface area contributed by atoms with E-state index in [-0.39, 0.29) is 34.4 Å². The monoisotopic (exact) mass is 358 g/mol. The molecule has 1 aliphatic heterocycles. The van der Waals surface area contributed by atoms with E-state index in [4.69, 9.17) is 32.1 Å². The molecule has 0 saturated carbocycles. The normalized spacial score (nSPS) is 16.6. The quantitative estimate of drug-likeness (QED) is 0.793. The predicted molar refractivity (Wildman–Crippen MR) is 93.2 cm³/mol. The molecule has 0 spiro atoms. The first-order chi connectivity index (χ1) is 12.2. The van der Waals surface area contributed by atoms with Gasteiger partial charge in [0.25, 0.3) is 0 Å². The minimum absolute atomic E-state index is 0.126. The lowest BCUT2D eigenvalue weighted by Gasteiger charge is -2.21. The molecule has 1 heterocycles. The summed E-state index contributed by atoms with van der Waals surface area (Å²) in [6, 6.07) is 7.34. The Morgan fingerprint density at radius 2 is 2.13 bits per heavy atom. The fourth-order valence-electron chi connectivity index (χ4n) is 2.48. The standard InChI is InChI=1S/C17H15Cl2FN2O/c1-22-8-7-21-17(11-9-10(23-2)3-5-13(11)20)15-14(22)6-4-12(18)16(15)19/h3-6,9H,7-8H2,1-2H3/i1T3. The van der Waals surface area contributed by atoms with E-state index in [1.807, 2.05) is 0 Å². The van der Waals surface area contributed by atoms with E-state index in [1.54, 1.807) is 6.07 Å². The van der Waals surface area contributed by atoms with Crippen LogP contribution in [0.1, 0.15) is 15.2 Å². The van der Waals surface area contributed by atoms with Crippen molar-refractivity contribution in [1.29, 1.82) is 0 Å². The number of halogens is 3. The summed E-state index contributed by atoms with van der Waals surface area (Å²) in [6.07, 6.45) is 0. The highest BCUT2D eigenvalue weighted by atomic mass is 35.5. The van der Waals surface area contributed by atoms with Gasteiger partial charge in [0.1, 0.15) is 11.6 Å². The maximum atomic E-state index is 14.5. The number of benzodiazepines with no additional fused rings is 1. The summed E-state index contributed by atoms with van der Waals surface area (Å²) in [5.41, 5.74) is 1.04. The van der Waals surface area contributed by atoms with Gasteiger partial charge in [-0.05, 0) is 30.3 Å². The number of fused-ring (bicyclic) bond motifs is 1. The van der Waals surface area contributed by atoms with Crippen LogP contribution in [0.2, 0.25) is 10.0 Å². The third-order valence-electron chi connectivity index (χ3n) is 3.62. The maximum absolute atomic E-state index is 14.5. The molecule has 6 heteroatoms. The molecule has 23 heavy (non-hydrogen) atoms. The minimum Gasteiger partial charge on any atom is -0.497 e. The number of anilines is 1. The molecule has 2 aromatic rings. The largest absolute Gasteiger partial charge is 0.497 e. The van der Waals surface area contributed by atoms with Crippen LogP contribution in [0.5, 0.6) is 5.75 Å². The van der Waals surface area contributed by atoms with Crippen molar-refractivity contribution in [2.45, 2.75) is 0 Å². The van der Waals surface area contributed by atoms with Gasteiger partial charge in [-0.15, -0.1) is 0 Å². The molecule has 0 aromatic heterocycles. The molecule has 3 rings (SSSR count). The van der Waals surface area contributed by atoms with Crippen molar-refractivity contribution in [3.8, 4) is 5.75 Å². The van der Waals surface area contributed by atoms with Gasteiger partial charge in [-0.3, -0.25) is 4.99 Å². The predicted octanol–water partition coefficient (Wildman–Crippen LogP) is 4.43. The van der Waals surface area contributed by atoms with E-state index in [2.05, 4.69) is 4.99 Å².